The van der Waals surface area contributed by atoms with Gasteiger partial charge in [-0.25, -0.2) is 0 Å². The zero-order valence-electron chi connectivity index (χ0n) is 17.1. The van der Waals surface area contributed by atoms with E-state index in [9.17, 15) is 0 Å². The summed E-state index contributed by atoms with van der Waals surface area (Å²) in [6.45, 7) is 4.56. The minimum absolute atomic E-state index is 1.20. The Kier molecular flexibility index (Phi) is 9.29. The molecule has 3 aromatic rings. The van der Waals surface area contributed by atoms with Crippen LogP contribution in [0, 0.1) is 0 Å². The SMILES string of the molecule is CCCCCCc1cc(-c2cc(CCCCCC)c(-c3cccs3)s2)sc1Br. The Labute approximate surface area is 191 Å². The zero-order chi connectivity index (χ0) is 19.8. The minimum Gasteiger partial charge on any atom is -0.143 e. The van der Waals surface area contributed by atoms with Gasteiger partial charge in [-0.2, -0.15) is 0 Å². The second-order valence-corrected chi connectivity index (χ2v) is 11.8. The van der Waals surface area contributed by atoms with Gasteiger partial charge in [0.15, 0.2) is 0 Å². The lowest BCUT2D eigenvalue weighted by Crippen LogP contribution is -1.85. The maximum atomic E-state index is 3.83. The molecular weight excluding hydrogens is 464 g/mol. The Morgan fingerprint density at radius 1 is 0.750 bits per heavy atom. The molecule has 0 radical (unpaired) electrons. The Hall–Kier alpha value is -0.420. The molecule has 3 heterocycles. The van der Waals surface area contributed by atoms with E-state index in [2.05, 4.69) is 59.4 Å². The summed E-state index contributed by atoms with van der Waals surface area (Å²) in [5.41, 5.74) is 3.04. The number of hydrogen-bond acceptors (Lipinski definition) is 3. The van der Waals surface area contributed by atoms with Crippen molar-refractivity contribution >= 4 is 49.9 Å². The highest BCUT2D eigenvalue weighted by atomic mass is 79.9. The first-order valence-corrected chi connectivity index (χ1v) is 14.0. The van der Waals surface area contributed by atoms with Crippen LogP contribution < -0.4 is 0 Å². The van der Waals surface area contributed by atoms with Gasteiger partial charge < -0.3 is 0 Å². The van der Waals surface area contributed by atoms with Crippen LogP contribution >= 0.6 is 49.9 Å². The van der Waals surface area contributed by atoms with Crippen LogP contribution in [0.5, 0.6) is 0 Å². The summed E-state index contributed by atoms with van der Waals surface area (Å²) in [6, 6.07) is 9.37. The van der Waals surface area contributed by atoms with Crippen LogP contribution in [0.25, 0.3) is 19.5 Å². The van der Waals surface area contributed by atoms with E-state index in [1.807, 2.05) is 34.0 Å². The molecular formula is C24H31BrS3. The molecule has 0 saturated carbocycles. The van der Waals surface area contributed by atoms with Crippen molar-refractivity contribution in [2.24, 2.45) is 0 Å². The number of thiophene rings is 3. The average Bonchev–Trinajstić information content (AvgIpc) is 3.42. The molecule has 0 atom stereocenters. The van der Waals surface area contributed by atoms with Gasteiger partial charge >= 0.3 is 0 Å². The molecule has 0 bridgehead atoms. The van der Waals surface area contributed by atoms with E-state index in [-0.39, 0.29) is 0 Å². The van der Waals surface area contributed by atoms with Crippen molar-refractivity contribution in [3.8, 4) is 19.5 Å². The smallest absolute Gasteiger partial charge is 0.0737 e. The van der Waals surface area contributed by atoms with Gasteiger partial charge in [-0.1, -0.05) is 58.4 Å². The van der Waals surface area contributed by atoms with Gasteiger partial charge in [-0.3, -0.25) is 0 Å². The summed E-state index contributed by atoms with van der Waals surface area (Å²) in [5.74, 6) is 0. The lowest BCUT2D eigenvalue weighted by atomic mass is 10.1. The topological polar surface area (TPSA) is 0 Å². The third-order valence-corrected chi connectivity index (χ3v) is 9.54. The van der Waals surface area contributed by atoms with E-state index in [0.29, 0.717) is 0 Å². The van der Waals surface area contributed by atoms with Crippen molar-refractivity contribution in [3.63, 3.8) is 0 Å². The van der Waals surface area contributed by atoms with E-state index >= 15 is 0 Å². The Balaban J connectivity index is 1.78. The normalized spacial score (nSPS) is 11.4. The summed E-state index contributed by atoms with van der Waals surface area (Å²) in [4.78, 5) is 5.80. The van der Waals surface area contributed by atoms with Crippen molar-refractivity contribution in [2.75, 3.05) is 0 Å². The molecule has 0 aromatic carbocycles. The largest absolute Gasteiger partial charge is 0.143 e. The third kappa shape index (κ3) is 6.04. The Morgan fingerprint density at radius 3 is 2.04 bits per heavy atom. The fraction of sp³-hybridized carbons (Fsp3) is 0.500. The lowest BCUT2D eigenvalue weighted by molar-refractivity contribution is 0.667. The molecule has 0 N–H and O–H groups in total. The van der Waals surface area contributed by atoms with Gasteiger partial charge in [-0.15, -0.1) is 34.0 Å². The van der Waals surface area contributed by atoms with Crippen LogP contribution in [-0.4, -0.2) is 0 Å². The molecule has 0 unspecified atom stereocenters. The van der Waals surface area contributed by atoms with Gasteiger partial charge in [0, 0.05) is 19.5 Å². The number of aryl methyl sites for hydroxylation is 2. The van der Waals surface area contributed by atoms with Gasteiger partial charge in [0.1, 0.15) is 0 Å². The van der Waals surface area contributed by atoms with Crippen LogP contribution in [-0.2, 0) is 12.8 Å². The predicted molar refractivity (Wildman–Crippen MR) is 134 cm³/mol. The third-order valence-electron chi connectivity index (χ3n) is 5.15. The Bertz CT molecular complexity index is 826. The molecule has 152 valence electrons. The van der Waals surface area contributed by atoms with Crippen molar-refractivity contribution in [1.29, 1.82) is 0 Å². The standard InChI is InChI=1S/C24H31BrS3/c1-3-5-7-9-12-18-16-21(27-23(18)20-14-11-15-26-20)22-17-19(24(25)28-22)13-10-8-6-4-2/h11,14-17H,3-10,12-13H2,1-2H3. The van der Waals surface area contributed by atoms with E-state index < -0.39 is 0 Å². The van der Waals surface area contributed by atoms with E-state index in [1.165, 1.54) is 93.1 Å². The maximum absolute atomic E-state index is 3.83. The van der Waals surface area contributed by atoms with Crippen molar-refractivity contribution in [2.45, 2.75) is 78.1 Å². The van der Waals surface area contributed by atoms with Crippen LogP contribution in [0.2, 0.25) is 0 Å². The fourth-order valence-corrected chi connectivity index (χ4v) is 7.48. The first-order chi connectivity index (χ1) is 13.7. The molecule has 0 aliphatic carbocycles. The van der Waals surface area contributed by atoms with Crippen LogP contribution in [0.4, 0.5) is 0 Å². The quantitative estimate of drug-likeness (QED) is 0.219. The van der Waals surface area contributed by atoms with Gasteiger partial charge in [-0.05, 0) is 76.3 Å². The second kappa shape index (κ2) is 11.7. The van der Waals surface area contributed by atoms with Crippen LogP contribution in [0.3, 0.4) is 0 Å². The van der Waals surface area contributed by atoms with E-state index in [0.717, 1.165) is 0 Å². The van der Waals surface area contributed by atoms with Crippen molar-refractivity contribution in [3.05, 3.63) is 44.6 Å². The van der Waals surface area contributed by atoms with Crippen molar-refractivity contribution in [1.82, 2.24) is 0 Å². The van der Waals surface area contributed by atoms with E-state index in [1.54, 1.807) is 5.56 Å². The first-order valence-electron chi connectivity index (χ1n) is 10.7. The fourth-order valence-electron chi connectivity index (χ4n) is 3.54. The molecule has 0 aliphatic heterocycles. The van der Waals surface area contributed by atoms with Gasteiger partial charge in [0.25, 0.3) is 0 Å². The molecule has 28 heavy (non-hydrogen) atoms. The monoisotopic (exact) mass is 494 g/mol. The van der Waals surface area contributed by atoms with Crippen molar-refractivity contribution < 1.29 is 0 Å². The molecule has 0 saturated heterocycles. The molecule has 0 spiro atoms. The minimum atomic E-state index is 1.20. The highest BCUT2D eigenvalue weighted by molar-refractivity contribution is 9.11. The molecule has 0 nitrogen and oxygen atoms in total. The summed E-state index contributed by atoms with van der Waals surface area (Å²) in [7, 11) is 0. The number of halogens is 1. The molecule has 0 aliphatic rings. The maximum Gasteiger partial charge on any atom is 0.0737 e. The lowest BCUT2D eigenvalue weighted by Gasteiger charge is -2.01. The molecule has 3 aromatic heterocycles. The highest BCUT2D eigenvalue weighted by Crippen LogP contribution is 2.44. The van der Waals surface area contributed by atoms with E-state index in [4.69, 9.17) is 0 Å². The average molecular weight is 496 g/mol. The van der Waals surface area contributed by atoms with Crippen LogP contribution in [0.15, 0.2) is 33.4 Å². The molecule has 4 heteroatoms. The Morgan fingerprint density at radius 2 is 1.39 bits per heavy atom. The second-order valence-electron chi connectivity index (χ2n) is 7.47. The van der Waals surface area contributed by atoms with Gasteiger partial charge in [0.2, 0.25) is 0 Å². The number of hydrogen-bond donors (Lipinski definition) is 0. The summed E-state index contributed by atoms with van der Waals surface area (Å²) >= 11 is 9.60. The molecule has 0 amide bonds. The first kappa shape index (κ1) is 22.3. The summed E-state index contributed by atoms with van der Waals surface area (Å²) in [6.07, 6.45) is 13.0. The van der Waals surface area contributed by atoms with Gasteiger partial charge in [0.05, 0.1) is 3.79 Å². The summed E-state index contributed by atoms with van der Waals surface area (Å²) < 4.78 is 1.33. The summed E-state index contributed by atoms with van der Waals surface area (Å²) in [5, 5.41) is 2.20. The highest BCUT2D eigenvalue weighted by Gasteiger charge is 2.16. The zero-order valence-corrected chi connectivity index (χ0v) is 21.1. The molecule has 3 rings (SSSR count). The van der Waals surface area contributed by atoms with Crippen LogP contribution in [0.1, 0.15) is 76.3 Å². The number of unbranched alkanes of at least 4 members (excludes halogenated alkanes) is 6. The predicted octanol–water partition coefficient (Wildman–Crippen LogP) is 10.2. The molecule has 0 fully saturated rings. The number of rotatable bonds is 12.